The van der Waals surface area contributed by atoms with Gasteiger partial charge in [0, 0.05) is 5.56 Å². The lowest BCUT2D eigenvalue weighted by molar-refractivity contribution is -0.137. The van der Waals surface area contributed by atoms with E-state index >= 15 is 0 Å². The van der Waals surface area contributed by atoms with Gasteiger partial charge in [0.15, 0.2) is 6.29 Å². The van der Waals surface area contributed by atoms with Crippen molar-refractivity contribution in [2.45, 2.75) is 26.9 Å². The monoisotopic (exact) mass is 393 g/mol. The molecule has 0 saturated heterocycles. The van der Waals surface area contributed by atoms with Gasteiger partial charge in [0.25, 0.3) is 5.91 Å². The first-order valence-corrected chi connectivity index (χ1v) is 8.35. The number of halogens is 3. The van der Waals surface area contributed by atoms with Crippen LogP contribution >= 0.6 is 0 Å². The van der Waals surface area contributed by atoms with E-state index in [4.69, 9.17) is 4.74 Å². The van der Waals surface area contributed by atoms with Crippen molar-refractivity contribution >= 4 is 23.9 Å². The van der Waals surface area contributed by atoms with Gasteiger partial charge in [-0.05, 0) is 50.1 Å². The molecule has 0 aliphatic rings. The number of aldehydes is 1. The Hall–Kier alpha value is -3.16. The zero-order chi connectivity index (χ0) is 21.1. The number of alkyl halides is 3. The summed E-state index contributed by atoms with van der Waals surface area (Å²) < 4.78 is 44.5. The molecule has 148 valence electrons. The number of nitrogens with one attached hydrogen (secondary N) is 1. The Bertz CT molecular complexity index is 936. The van der Waals surface area contributed by atoms with E-state index < -0.39 is 29.2 Å². The fourth-order valence-electron chi connectivity index (χ4n) is 2.90. The van der Waals surface area contributed by atoms with E-state index in [1.54, 1.807) is 13.8 Å². The Balaban J connectivity index is 2.55. The van der Waals surface area contributed by atoms with Crippen LogP contribution in [0, 0.1) is 13.8 Å². The second-order valence-electron chi connectivity index (χ2n) is 5.99. The number of carbonyl (C=O) groups is 3. The maximum atomic E-state index is 13.2. The lowest BCUT2D eigenvalue weighted by Crippen LogP contribution is -2.21. The SMILES string of the molecule is CCOC(=O)c1c(C)cc(C=O)c(NC(=O)c2ccccc2C(F)(F)F)c1C. The van der Waals surface area contributed by atoms with Gasteiger partial charge in [0.05, 0.1) is 29.0 Å². The van der Waals surface area contributed by atoms with E-state index in [0.717, 1.165) is 12.1 Å². The van der Waals surface area contributed by atoms with Gasteiger partial charge in [-0.1, -0.05) is 12.1 Å². The molecule has 2 rings (SSSR count). The Labute approximate surface area is 159 Å². The van der Waals surface area contributed by atoms with Crippen LogP contribution in [0.25, 0.3) is 0 Å². The molecule has 0 aromatic heterocycles. The number of carbonyl (C=O) groups excluding carboxylic acids is 3. The number of hydrogen-bond donors (Lipinski definition) is 1. The first kappa shape index (κ1) is 21.1. The number of ether oxygens (including phenoxy) is 1. The van der Waals surface area contributed by atoms with Gasteiger partial charge in [-0.25, -0.2) is 4.79 Å². The highest BCUT2D eigenvalue weighted by Crippen LogP contribution is 2.33. The number of esters is 1. The summed E-state index contributed by atoms with van der Waals surface area (Å²) in [6, 6.07) is 5.68. The van der Waals surface area contributed by atoms with E-state index in [2.05, 4.69) is 5.32 Å². The standard InChI is InChI=1S/C20H18F3NO4/c1-4-28-19(27)16-11(2)9-13(10-25)17(12(16)3)24-18(26)14-7-5-6-8-15(14)20(21,22)23/h5-10H,4H2,1-3H3,(H,24,26). The molecule has 1 amide bonds. The summed E-state index contributed by atoms with van der Waals surface area (Å²) in [5.41, 5.74) is -0.858. The van der Waals surface area contributed by atoms with Crippen molar-refractivity contribution in [3.8, 4) is 0 Å². The molecular weight excluding hydrogens is 375 g/mol. The summed E-state index contributed by atoms with van der Waals surface area (Å²) in [7, 11) is 0. The van der Waals surface area contributed by atoms with Crippen LogP contribution in [0.1, 0.15) is 54.7 Å². The molecule has 0 aliphatic heterocycles. The summed E-state index contributed by atoms with van der Waals surface area (Å²) in [5.74, 6) is -1.70. The fraction of sp³-hybridized carbons (Fsp3) is 0.250. The van der Waals surface area contributed by atoms with Crippen LogP contribution in [0.5, 0.6) is 0 Å². The van der Waals surface area contributed by atoms with Crippen LogP contribution in [0.2, 0.25) is 0 Å². The second kappa shape index (κ2) is 8.24. The summed E-state index contributed by atoms with van der Waals surface area (Å²) in [6.45, 7) is 4.82. The van der Waals surface area contributed by atoms with E-state index in [1.807, 2.05) is 0 Å². The van der Waals surface area contributed by atoms with Crippen LogP contribution in [0.15, 0.2) is 30.3 Å². The highest BCUT2D eigenvalue weighted by atomic mass is 19.4. The minimum atomic E-state index is -4.72. The molecule has 0 bridgehead atoms. The van der Waals surface area contributed by atoms with Crippen LogP contribution in [0.4, 0.5) is 18.9 Å². The molecule has 2 aromatic carbocycles. The zero-order valence-corrected chi connectivity index (χ0v) is 15.4. The lowest BCUT2D eigenvalue weighted by atomic mass is 9.96. The first-order valence-electron chi connectivity index (χ1n) is 8.35. The van der Waals surface area contributed by atoms with Crippen molar-refractivity contribution in [2.75, 3.05) is 11.9 Å². The highest BCUT2D eigenvalue weighted by molar-refractivity contribution is 6.09. The zero-order valence-electron chi connectivity index (χ0n) is 15.4. The Morgan fingerprint density at radius 2 is 1.82 bits per heavy atom. The van der Waals surface area contributed by atoms with Gasteiger partial charge in [-0.2, -0.15) is 13.2 Å². The average molecular weight is 393 g/mol. The average Bonchev–Trinajstić information content (AvgIpc) is 2.63. The highest BCUT2D eigenvalue weighted by Gasteiger charge is 2.35. The van der Waals surface area contributed by atoms with Gasteiger partial charge in [0.1, 0.15) is 0 Å². The number of amides is 1. The minimum Gasteiger partial charge on any atom is -0.462 e. The Kier molecular flexibility index (Phi) is 6.23. The summed E-state index contributed by atoms with van der Waals surface area (Å²) in [4.78, 5) is 36.2. The molecule has 0 radical (unpaired) electrons. The van der Waals surface area contributed by atoms with Gasteiger partial charge in [-0.15, -0.1) is 0 Å². The third-order valence-electron chi connectivity index (χ3n) is 4.13. The molecule has 8 heteroatoms. The number of aryl methyl sites for hydroxylation is 1. The first-order chi connectivity index (χ1) is 13.1. The fourth-order valence-corrected chi connectivity index (χ4v) is 2.90. The van der Waals surface area contributed by atoms with Crippen LogP contribution < -0.4 is 5.32 Å². The van der Waals surface area contributed by atoms with Gasteiger partial charge < -0.3 is 10.1 Å². The summed E-state index contributed by atoms with van der Waals surface area (Å²) in [5, 5.41) is 2.35. The molecule has 0 atom stereocenters. The number of rotatable bonds is 5. The van der Waals surface area contributed by atoms with E-state index in [0.29, 0.717) is 11.8 Å². The largest absolute Gasteiger partial charge is 0.462 e. The van der Waals surface area contributed by atoms with Crippen molar-refractivity contribution in [3.05, 3.63) is 63.7 Å². The van der Waals surface area contributed by atoms with Crippen molar-refractivity contribution < 1.29 is 32.3 Å². The molecule has 0 aliphatic carbocycles. The van der Waals surface area contributed by atoms with Gasteiger partial charge >= 0.3 is 12.1 Å². The smallest absolute Gasteiger partial charge is 0.417 e. The minimum absolute atomic E-state index is 0.0365. The van der Waals surface area contributed by atoms with E-state index in [-0.39, 0.29) is 29.0 Å². The topological polar surface area (TPSA) is 72.5 Å². The lowest BCUT2D eigenvalue weighted by Gasteiger charge is -2.18. The van der Waals surface area contributed by atoms with Crippen molar-refractivity contribution in [1.82, 2.24) is 0 Å². The molecule has 28 heavy (non-hydrogen) atoms. The maximum Gasteiger partial charge on any atom is 0.417 e. The normalized spacial score (nSPS) is 11.1. The third-order valence-corrected chi connectivity index (χ3v) is 4.13. The Morgan fingerprint density at radius 3 is 2.39 bits per heavy atom. The molecule has 0 heterocycles. The van der Waals surface area contributed by atoms with Gasteiger partial charge in [0.2, 0.25) is 0 Å². The molecule has 0 saturated carbocycles. The summed E-state index contributed by atoms with van der Waals surface area (Å²) in [6.07, 6.45) is -4.26. The van der Waals surface area contributed by atoms with Crippen LogP contribution in [0.3, 0.4) is 0 Å². The molecule has 2 aromatic rings. The van der Waals surface area contributed by atoms with Crippen molar-refractivity contribution in [2.24, 2.45) is 0 Å². The van der Waals surface area contributed by atoms with E-state index in [9.17, 15) is 27.6 Å². The van der Waals surface area contributed by atoms with Crippen LogP contribution in [-0.2, 0) is 10.9 Å². The molecular formula is C20H18F3NO4. The van der Waals surface area contributed by atoms with Gasteiger partial charge in [-0.3, -0.25) is 9.59 Å². The van der Waals surface area contributed by atoms with E-state index in [1.165, 1.54) is 25.1 Å². The summed E-state index contributed by atoms with van der Waals surface area (Å²) >= 11 is 0. The van der Waals surface area contributed by atoms with Crippen LogP contribution in [-0.4, -0.2) is 24.8 Å². The maximum absolute atomic E-state index is 13.2. The second-order valence-corrected chi connectivity index (χ2v) is 5.99. The molecule has 0 fully saturated rings. The molecule has 1 N–H and O–H groups in total. The quantitative estimate of drug-likeness (QED) is 0.597. The third kappa shape index (κ3) is 4.21. The Morgan fingerprint density at radius 1 is 1.18 bits per heavy atom. The molecule has 5 nitrogen and oxygen atoms in total. The molecule has 0 spiro atoms. The van der Waals surface area contributed by atoms with Crippen molar-refractivity contribution in [3.63, 3.8) is 0 Å². The number of benzene rings is 2. The molecule has 0 unspecified atom stereocenters. The predicted octanol–water partition coefficient (Wildman–Crippen LogP) is 4.56. The van der Waals surface area contributed by atoms with Crippen molar-refractivity contribution in [1.29, 1.82) is 0 Å². The number of anilines is 1. The number of hydrogen-bond acceptors (Lipinski definition) is 4. The predicted molar refractivity (Wildman–Crippen MR) is 96.7 cm³/mol.